The van der Waals surface area contributed by atoms with Crippen molar-refractivity contribution in [3.05, 3.63) is 87.7 Å². The minimum absolute atomic E-state index is 0.331. The Morgan fingerprint density at radius 3 is 2.58 bits per heavy atom. The minimum atomic E-state index is 0.331. The molecular weight excluding hydrogens is 408 g/mol. The highest BCUT2D eigenvalue weighted by Gasteiger charge is 2.27. The second-order valence-electron chi connectivity index (χ2n) is 8.22. The molecule has 6 heteroatoms. The molecule has 1 saturated heterocycles. The van der Waals surface area contributed by atoms with Crippen LogP contribution >= 0.6 is 11.6 Å². The van der Waals surface area contributed by atoms with E-state index < -0.39 is 0 Å². The largest absolute Gasteiger partial charge is 0.384 e. The van der Waals surface area contributed by atoms with E-state index in [0.717, 1.165) is 54.5 Å². The van der Waals surface area contributed by atoms with Crippen molar-refractivity contribution in [2.24, 2.45) is 0 Å². The van der Waals surface area contributed by atoms with E-state index in [9.17, 15) is 0 Å². The van der Waals surface area contributed by atoms with E-state index in [1.54, 1.807) is 7.11 Å². The van der Waals surface area contributed by atoms with Crippen molar-refractivity contribution in [1.82, 2.24) is 19.9 Å². The van der Waals surface area contributed by atoms with Crippen LogP contribution in [-0.2, 0) is 24.1 Å². The van der Waals surface area contributed by atoms with Gasteiger partial charge in [-0.1, -0.05) is 23.7 Å². The average Bonchev–Trinajstić information content (AvgIpc) is 3.23. The van der Waals surface area contributed by atoms with Gasteiger partial charge in [-0.3, -0.25) is 9.88 Å². The molecule has 1 aliphatic rings. The minimum Gasteiger partial charge on any atom is -0.384 e. The Balaban J connectivity index is 1.47. The molecule has 0 amide bonds. The lowest BCUT2D eigenvalue weighted by Gasteiger charge is -2.24. The Morgan fingerprint density at radius 2 is 1.84 bits per heavy atom. The van der Waals surface area contributed by atoms with E-state index >= 15 is 0 Å². The SMILES string of the molecule is COCCc1ncc(CN2CCCC2c2cc(Cc3ccc(Cl)cc3)cc(C)n2)cn1. The fourth-order valence-corrected chi connectivity index (χ4v) is 4.38. The monoisotopic (exact) mass is 436 g/mol. The molecule has 2 aromatic heterocycles. The molecule has 162 valence electrons. The number of benzene rings is 1. The van der Waals surface area contributed by atoms with Crippen LogP contribution in [0.5, 0.6) is 0 Å². The molecule has 3 aromatic rings. The maximum atomic E-state index is 6.03. The zero-order valence-corrected chi connectivity index (χ0v) is 19.0. The lowest BCUT2D eigenvalue weighted by atomic mass is 10.0. The highest BCUT2D eigenvalue weighted by Crippen LogP contribution is 2.33. The van der Waals surface area contributed by atoms with E-state index in [0.29, 0.717) is 12.6 Å². The summed E-state index contributed by atoms with van der Waals surface area (Å²) in [6.45, 7) is 4.64. The van der Waals surface area contributed by atoms with Gasteiger partial charge in [0.05, 0.1) is 18.3 Å². The predicted octanol–water partition coefficient (Wildman–Crippen LogP) is 4.95. The third-order valence-corrected chi connectivity index (χ3v) is 5.99. The molecule has 31 heavy (non-hydrogen) atoms. The van der Waals surface area contributed by atoms with Crippen LogP contribution < -0.4 is 0 Å². The number of likely N-dealkylation sites (tertiary alicyclic amines) is 1. The summed E-state index contributed by atoms with van der Waals surface area (Å²) in [6.07, 6.45) is 7.83. The summed E-state index contributed by atoms with van der Waals surface area (Å²) in [4.78, 5) is 16.4. The number of aromatic nitrogens is 3. The van der Waals surface area contributed by atoms with Crippen LogP contribution in [0.25, 0.3) is 0 Å². The van der Waals surface area contributed by atoms with Gasteiger partial charge in [0.2, 0.25) is 0 Å². The second-order valence-corrected chi connectivity index (χ2v) is 8.66. The zero-order chi connectivity index (χ0) is 21.6. The van der Waals surface area contributed by atoms with Crippen molar-refractivity contribution in [3.63, 3.8) is 0 Å². The van der Waals surface area contributed by atoms with Crippen molar-refractivity contribution < 1.29 is 4.74 Å². The highest BCUT2D eigenvalue weighted by molar-refractivity contribution is 6.30. The molecule has 1 fully saturated rings. The van der Waals surface area contributed by atoms with E-state index in [2.05, 4.69) is 46.1 Å². The zero-order valence-electron chi connectivity index (χ0n) is 18.2. The topological polar surface area (TPSA) is 51.1 Å². The molecule has 0 saturated carbocycles. The van der Waals surface area contributed by atoms with Gasteiger partial charge in [-0.05, 0) is 68.1 Å². The van der Waals surface area contributed by atoms with Crippen molar-refractivity contribution in [3.8, 4) is 0 Å². The Hall–Kier alpha value is -2.34. The number of hydrogen-bond acceptors (Lipinski definition) is 5. The average molecular weight is 437 g/mol. The summed E-state index contributed by atoms with van der Waals surface area (Å²) in [5.74, 6) is 0.829. The first-order valence-electron chi connectivity index (χ1n) is 10.9. The summed E-state index contributed by atoms with van der Waals surface area (Å²) in [7, 11) is 1.70. The van der Waals surface area contributed by atoms with Crippen LogP contribution in [0.15, 0.2) is 48.8 Å². The Kier molecular flexibility index (Phi) is 7.28. The van der Waals surface area contributed by atoms with E-state index in [-0.39, 0.29) is 0 Å². The molecule has 4 rings (SSSR count). The van der Waals surface area contributed by atoms with Crippen molar-refractivity contribution in [2.45, 2.75) is 45.2 Å². The van der Waals surface area contributed by atoms with Crippen molar-refractivity contribution in [1.29, 1.82) is 0 Å². The molecule has 0 spiro atoms. The predicted molar refractivity (Wildman–Crippen MR) is 123 cm³/mol. The summed E-state index contributed by atoms with van der Waals surface area (Å²) >= 11 is 6.03. The van der Waals surface area contributed by atoms with Crippen molar-refractivity contribution in [2.75, 3.05) is 20.3 Å². The number of aryl methyl sites for hydroxylation is 1. The summed E-state index contributed by atoms with van der Waals surface area (Å²) < 4.78 is 5.11. The standard InChI is InChI=1S/C25H29ClN4O/c1-18-12-20(13-19-5-7-22(26)8-6-19)14-23(29-18)24-4-3-10-30(24)17-21-15-27-25(28-16-21)9-11-31-2/h5-8,12,14-16,24H,3-4,9-11,13,17H2,1-2H3. The second kappa shape index (κ2) is 10.3. The van der Waals surface area contributed by atoms with E-state index in [1.165, 1.54) is 23.2 Å². The first kappa shape index (κ1) is 21.9. The number of ether oxygens (including phenoxy) is 1. The maximum Gasteiger partial charge on any atom is 0.130 e. The number of nitrogens with zero attached hydrogens (tertiary/aromatic N) is 4. The van der Waals surface area contributed by atoms with Gasteiger partial charge < -0.3 is 4.74 Å². The Labute approximate surface area is 189 Å². The smallest absolute Gasteiger partial charge is 0.130 e. The van der Waals surface area contributed by atoms with Gasteiger partial charge in [-0.15, -0.1) is 0 Å². The Morgan fingerprint density at radius 1 is 1.06 bits per heavy atom. The van der Waals surface area contributed by atoms with Crippen LogP contribution in [0.2, 0.25) is 5.02 Å². The third-order valence-electron chi connectivity index (χ3n) is 5.73. The molecule has 0 bridgehead atoms. The first-order chi connectivity index (χ1) is 15.1. The molecule has 0 N–H and O–H groups in total. The van der Waals surface area contributed by atoms with Gasteiger partial charge in [0, 0.05) is 48.7 Å². The van der Waals surface area contributed by atoms with Gasteiger partial charge in [-0.25, -0.2) is 9.97 Å². The molecule has 1 unspecified atom stereocenters. The normalized spacial score (nSPS) is 16.7. The van der Waals surface area contributed by atoms with Crippen LogP contribution in [0.1, 0.15) is 52.8 Å². The molecule has 1 aromatic carbocycles. The summed E-state index contributed by atoms with van der Waals surface area (Å²) in [5, 5.41) is 0.771. The van der Waals surface area contributed by atoms with Gasteiger partial charge in [0.25, 0.3) is 0 Å². The summed E-state index contributed by atoms with van der Waals surface area (Å²) in [5.41, 5.74) is 5.93. The fourth-order valence-electron chi connectivity index (χ4n) is 4.25. The van der Waals surface area contributed by atoms with Crippen LogP contribution in [0.4, 0.5) is 0 Å². The van der Waals surface area contributed by atoms with Gasteiger partial charge in [0.1, 0.15) is 5.82 Å². The van der Waals surface area contributed by atoms with Gasteiger partial charge in [-0.2, -0.15) is 0 Å². The highest BCUT2D eigenvalue weighted by atomic mass is 35.5. The number of hydrogen-bond donors (Lipinski definition) is 0. The number of methoxy groups -OCH3 is 1. The van der Waals surface area contributed by atoms with Crippen LogP contribution in [0, 0.1) is 6.92 Å². The number of rotatable bonds is 8. The maximum absolute atomic E-state index is 6.03. The van der Waals surface area contributed by atoms with Crippen LogP contribution in [-0.4, -0.2) is 40.1 Å². The van der Waals surface area contributed by atoms with E-state index in [1.807, 2.05) is 24.5 Å². The molecule has 5 nitrogen and oxygen atoms in total. The molecule has 1 aliphatic heterocycles. The molecule has 1 atom stereocenters. The Bertz CT molecular complexity index is 991. The van der Waals surface area contributed by atoms with Gasteiger partial charge >= 0.3 is 0 Å². The number of pyridine rings is 1. The number of halogens is 1. The molecule has 3 heterocycles. The lowest BCUT2D eigenvalue weighted by Crippen LogP contribution is -2.24. The van der Waals surface area contributed by atoms with Crippen LogP contribution in [0.3, 0.4) is 0 Å². The molecule has 0 aliphatic carbocycles. The quantitative estimate of drug-likeness (QED) is 0.500. The first-order valence-corrected chi connectivity index (χ1v) is 11.2. The van der Waals surface area contributed by atoms with E-state index in [4.69, 9.17) is 21.3 Å². The van der Waals surface area contributed by atoms with Gasteiger partial charge in [0.15, 0.2) is 0 Å². The third kappa shape index (κ3) is 5.88. The summed E-state index contributed by atoms with van der Waals surface area (Å²) in [6, 6.07) is 12.9. The fraction of sp³-hybridized carbons (Fsp3) is 0.400. The molecule has 0 radical (unpaired) electrons. The molecular formula is C25H29ClN4O. The lowest BCUT2D eigenvalue weighted by molar-refractivity contribution is 0.200. The van der Waals surface area contributed by atoms with Crippen molar-refractivity contribution >= 4 is 11.6 Å².